The molecule has 4 nitrogen and oxygen atoms in total. The summed E-state index contributed by atoms with van der Waals surface area (Å²) in [6, 6.07) is 11.8. The molecule has 1 atom stereocenters. The molecule has 1 N–H and O–H groups in total. The Labute approximate surface area is 173 Å². The Morgan fingerprint density at radius 1 is 1.18 bits per heavy atom. The van der Waals surface area contributed by atoms with Crippen LogP contribution in [0.2, 0.25) is 5.02 Å². The zero-order valence-corrected chi connectivity index (χ0v) is 17.9. The van der Waals surface area contributed by atoms with Gasteiger partial charge in [0.1, 0.15) is 11.5 Å². The highest BCUT2D eigenvalue weighted by Gasteiger charge is 2.15. The van der Waals surface area contributed by atoms with Crippen LogP contribution in [0.3, 0.4) is 0 Å². The van der Waals surface area contributed by atoms with Gasteiger partial charge in [0.2, 0.25) is 0 Å². The summed E-state index contributed by atoms with van der Waals surface area (Å²) in [4.78, 5) is 12.3. The molecule has 5 heteroatoms. The lowest BCUT2D eigenvalue weighted by atomic mass is 10.1. The lowest BCUT2D eigenvalue weighted by molar-refractivity contribution is -0.127. The monoisotopic (exact) mass is 403 g/mol. The molecule has 0 spiro atoms. The minimum Gasteiger partial charge on any atom is -0.493 e. The number of carbonyl (C=O) groups is 1. The predicted octanol–water partition coefficient (Wildman–Crippen LogP) is 5.26. The van der Waals surface area contributed by atoms with Gasteiger partial charge in [0, 0.05) is 11.6 Å². The summed E-state index contributed by atoms with van der Waals surface area (Å²) in [5, 5.41) is 3.67. The molecule has 2 aromatic rings. The summed E-state index contributed by atoms with van der Waals surface area (Å²) >= 11 is 6.18. The second-order valence-electron chi connectivity index (χ2n) is 6.98. The molecule has 0 unspecified atom stereocenters. The van der Waals surface area contributed by atoms with Gasteiger partial charge in [-0.2, -0.15) is 0 Å². The summed E-state index contributed by atoms with van der Waals surface area (Å²) in [7, 11) is 0. The van der Waals surface area contributed by atoms with E-state index in [1.165, 1.54) is 5.56 Å². The van der Waals surface area contributed by atoms with Gasteiger partial charge in [0.05, 0.1) is 6.61 Å². The largest absolute Gasteiger partial charge is 0.493 e. The maximum absolute atomic E-state index is 12.3. The Morgan fingerprint density at radius 3 is 2.54 bits per heavy atom. The fourth-order valence-corrected chi connectivity index (χ4v) is 3.04. The second kappa shape index (κ2) is 11.0. The molecule has 0 aliphatic rings. The maximum Gasteiger partial charge on any atom is 0.260 e. The van der Waals surface area contributed by atoms with E-state index in [0.29, 0.717) is 18.9 Å². The van der Waals surface area contributed by atoms with Crippen LogP contribution in [0.15, 0.2) is 36.4 Å². The maximum atomic E-state index is 12.3. The number of carbonyl (C=O) groups excluding carboxylic acids is 1. The first-order chi connectivity index (χ1) is 13.4. The van der Waals surface area contributed by atoms with Crippen molar-refractivity contribution >= 4 is 17.5 Å². The molecule has 28 heavy (non-hydrogen) atoms. The number of hydrogen-bond acceptors (Lipinski definition) is 3. The quantitative estimate of drug-likeness (QED) is 0.550. The molecule has 0 radical (unpaired) electrons. The van der Waals surface area contributed by atoms with Crippen molar-refractivity contribution in [2.75, 3.05) is 13.2 Å². The van der Waals surface area contributed by atoms with Crippen molar-refractivity contribution in [3.8, 4) is 11.5 Å². The van der Waals surface area contributed by atoms with Crippen molar-refractivity contribution < 1.29 is 14.3 Å². The first-order valence-corrected chi connectivity index (χ1v) is 10.2. The van der Waals surface area contributed by atoms with Crippen LogP contribution in [-0.4, -0.2) is 25.2 Å². The number of amides is 1. The second-order valence-corrected chi connectivity index (χ2v) is 7.36. The van der Waals surface area contributed by atoms with Gasteiger partial charge in [-0.3, -0.25) is 4.79 Å². The third-order valence-electron chi connectivity index (χ3n) is 4.45. The van der Waals surface area contributed by atoms with Crippen LogP contribution < -0.4 is 14.8 Å². The van der Waals surface area contributed by atoms with E-state index in [-0.39, 0.29) is 5.91 Å². The fraction of sp³-hybridized carbons (Fsp3) is 0.435. The lowest BCUT2D eigenvalue weighted by Gasteiger charge is -2.16. The summed E-state index contributed by atoms with van der Waals surface area (Å²) in [5.41, 5.74) is 3.04. The van der Waals surface area contributed by atoms with Gasteiger partial charge in [0.15, 0.2) is 6.10 Å². The van der Waals surface area contributed by atoms with Crippen LogP contribution in [0.4, 0.5) is 0 Å². The minimum atomic E-state index is -0.569. The Bertz CT molecular complexity index is 768. The van der Waals surface area contributed by atoms with Gasteiger partial charge in [-0.25, -0.2) is 0 Å². The van der Waals surface area contributed by atoms with Crippen LogP contribution in [0, 0.1) is 13.8 Å². The predicted molar refractivity (Wildman–Crippen MR) is 115 cm³/mol. The third-order valence-corrected chi connectivity index (χ3v) is 5.04. The molecule has 0 saturated carbocycles. The highest BCUT2D eigenvalue weighted by Crippen LogP contribution is 2.26. The Hall–Kier alpha value is -2.20. The number of para-hydroxylation sites is 1. The fourth-order valence-electron chi connectivity index (χ4n) is 2.93. The minimum absolute atomic E-state index is 0.124. The molecular weight excluding hydrogens is 374 g/mol. The molecule has 2 aromatic carbocycles. The molecule has 152 valence electrons. The molecule has 0 fully saturated rings. The van der Waals surface area contributed by atoms with Crippen molar-refractivity contribution in [1.82, 2.24) is 5.32 Å². The van der Waals surface area contributed by atoms with Crippen molar-refractivity contribution in [3.63, 3.8) is 0 Å². The lowest BCUT2D eigenvalue weighted by Crippen LogP contribution is -2.37. The SMILES string of the molecule is CCCOc1ccccc1CCCNC(=O)[C@@H](C)Oc1cc(C)c(Cl)c(C)c1. The summed E-state index contributed by atoms with van der Waals surface area (Å²) in [5.74, 6) is 1.46. The van der Waals surface area contributed by atoms with Gasteiger partial charge < -0.3 is 14.8 Å². The van der Waals surface area contributed by atoms with E-state index in [9.17, 15) is 4.79 Å². The summed E-state index contributed by atoms with van der Waals surface area (Å²) < 4.78 is 11.6. The topological polar surface area (TPSA) is 47.6 Å². The third kappa shape index (κ3) is 6.45. The van der Waals surface area contributed by atoms with Gasteiger partial charge in [-0.1, -0.05) is 36.7 Å². The number of ether oxygens (including phenoxy) is 2. The number of benzene rings is 2. The van der Waals surface area contributed by atoms with Gasteiger partial charge in [0.25, 0.3) is 5.91 Å². The van der Waals surface area contributed by atoms with E-state index in [1.807, 2.05) is 44.2 Å². The van der Waals surface area contributed by atoms with Crippen molar-refractivity contribution in [3.05, 3.63) is 58.1 Å². The van der Waals surface area contributed by atoms with E-state index in [2.05, 4.69) is 18.3 Å². The number of hydrogen-bond donors (Lipinski definition) is 1. The van der Waals surface area contributed by atoms with Crippen LogP contribution >= 0.6 is 11.6 Å². The molecule has 0 heterocycles. The molecule has 2 rings (SSSR count). The highest BCUT2D eigenvalue weighted by atomic mass is 35.5. The average Bonchev–Trinajstić information content (AvgIpc) is 2.68. The summed E-state index contributed by atoms with van der Waals surface area (Å²) in [6.45, 7) is 9.00. The Morgan fingerprint density at radius 2 is 1.86 bits per heavy atom. The number of nitrogens with one attached hydrogen (secondary N) is 1. The van der Waals surface area contributed by atoms with Crippen molar-refractivity contribution in [2.24, 2.45) is 0 Å². The Balaban J connectivity index is 1.79. The molecule has 1 amide bonds. The number of aryl methyl sites for hydroxylation is 3. The molecule has 0 aliphatic carbocycles. The number of halogens is 1. The van der Waals surface area contributed by atoms with Crippen molar-refractivity contribution in [1.29, 1.82) is 0 Å². The van der Waals surface area contributed by atoms with E-state index < -0.39 is 6.10 Å². The van der Waals surface area contributed by atoms with Crippen molar-refractivity contribution in [2.45, 2.75) is 53.1 Å². The van der Waals surface area contributed by atoms with E-state index in [0.717, 1.165) is 41.2 Å². The van der Waals surface area contributed by atoms with Gasteiger partial charge >= 0.3 is 0 Å². The van der Waals surface area contributed by atoms with E-state index in [1.54, 1.807) is 6.92 Å². The van der Waals surface area contributed by atoms with E-state index >= 15 is 0 Å². The van der Waals surface area contributed by atoms with Crippen LogP contribution in [0.25, 0.3) is 0 Å². The molecule has 0 bridgehead atoms. The Kier molecular flexibility index (Phi) is 8.65. The van der Waals surface area contributed by atoms with Gasteiger partial charge in [-0.05, 0) is 74.9 Å². The highest BCUT2D eigenvalue weighted by molar-refractivity contribution is 6.32. The molecular formula is C23H30ClNO3. The van der Waals surface area contributed by atoms with Gasteiger partial charge in [-0.15, -0.1) is 0 Å². The van der Waals surface area contributed by atoms with E-state index in [4.69, 9.17) is 21.1 Å². The zero-order valence-electron chi connectivity index (χ0n) is 17.2. The smallest absolute Gasteiger partial charge is 0.260 e. The van der Waals surface area contributed by atoms with Crippen LogP contribution in [0.1, 0.15) is 43.4 Å². The van der Waals surface area contributed by atoms with Crippen LogP contribution in [0.5, 0.6) is 11.5 Å². The normalized spacial score (nSPS) is 11.8. The molecule has 0 aliphatic heterocycles. The zero-order chi connectivity index (χ0) is 20.5. The number of rotatable bonds is 10. The standard InChI is InChI=1S/C23H30ClNO3/c1-5-13-27-21-11-7-6-9-19(21)10-8-12-25-23(26)18(4)28-20-14-16(2)22(24)17(3)15-20/h6-7,9,11,14-15,18H,5,8,10,12-13H2,1-4H3,(H,25,26)/t18-/m1/s1. The average molecular weight is 404 g/mol. The first kappa shape index (κ1) is 22.1. The first-order valence-electron chi connectivity index (χ1n) is 9.84. The molecule has 0 aromatic heterocycles. The molecule has 0 saturated heterocycles. The summed E-state index contributed by atoms with van der Waals surface area (Å²) in [6.07, 6.45) is 2.10. The van der Waals surface area contributed by atoms with Crippen LogP contribution in [-0.2, 0) is 11.2 Å².